The third-order valence-corrected chi connectivity index (χ3v) is 9.62. The predicted octanol–water partition coefficient (Wildman–Crippen LogP) is 6.43. The van der Waals surface area contributed by atoms with Crippen molar-refractivity contribution >= 4 is 43.4 Å². The van der Waals surface area contributed by atoms with Gasteiger partial charge in [-0.3, -0.25) is 9.48 Å². The summed E-state index contributed by atoms with van der Waals surface area (Å²) in [5, 5.41) is 20.2. The quantitative estimate of drug-likeness (QED) is 0.204. The molecule has 0 aliphatic heterocycles. The van der Waals surface area contributed by atoms with E-state index in [1.54, 1.807) is 54.7 Å². The SMILES string of the molecule is CS(=O)(=O)c1cccc(-c2cc(C(=O)NC3(c4ccc(C(=O)O)cc4)CC3)c3c(cnn3Cc3ccc4ccccc4c3)c2)c1. The molecule has 1 aromatic heterocycles. The molecule has 0 bridgehead atoms. The number of rotatable bonds is 8. The minimum absolute atomic E-state index is 0.184. The fraction of sp³-hybridized carbons (Fsp3) is 0.139. The van der Waals surface area contributed by atoms with E-state index in [0.29, 0.717) is 28.8 Å². The standard InChI is InChI=1S/C36H29N3O5S/c1-45(43,44)31-8-4-7-27(19-31)28-18-29-21-37-39(22-23-9-10-24-5-2-3-6-26(24)17-23)33(29)32(20-28)34(40)38-36(15-16-36)30-13-11-25(12-14-30)35(41)42/h2-14,17-21H,15-16,22H2,1H3,(H,38,40)(H,41,42). The van der Waals surface area contributed by atoms with Crippen LogP contribution in [0, 0.1) is 0 Å². The van der Waals surface area contributed by atoms with Crippen LogP contribution in [0.2, 0.25) is 0 Å². The predicted molar refractivity (Wildman–Crippen MR) is 173 cm³/mol. The molecule has 45 heavy (non-hydrogen) atoms. The van der Waals surface area contributed by atoms with Gasteiger partial charge in [0.05, 0.1) is 39.8 Å². The molecule has 0 saturated heterocycles. The minimum atomic E-state index is -3.44. The Morgan fingerprint density at radius 3 is 2.31 bits per heavy atom. The number of carboxylic acid groups (broad SMARTS) is 1. The van der Waals surface area contributed by atoms with Crippen molar-refractivity contribution in [3.63, 3.8) is 0 Å². The highest BCUT2D eigenvalue weighted by Gasteiger charge is 2.46. The number of aromatic carboxylic acids is 1. The average Bonchev–Trinajstić information content (AvgIpc) is 3.71. The van der Waals surface area contributed by atoms with Crippen molar-refractivity contribution in [3.05, 3.63) is 132 Å². The number of carboxylic acids is 1. The Hall–Kier alpha value is -5.28. The molecule has 1 saturated carbocycles. The zero-order chi connectivity index (χ0) is 31.3. The number of amides is 1. The molecular formula is C36H29N3O5S. The Morgan fingerprint density at radius 1 is 0.844 bits per heavy atom. The molecule has 1 amide bonds. The topological polar surface area (TPSA) is 118 Å². The summed E-state index contributed by atoms with van der Waals surface area (Å²) in [7, 11) is -3.44. The van der Waals surface area contributed by atoms with E-state index in [9.17, 15) is 23.1 Å². The first kappa shape index (κ1) is 28.5. The molecule has 9 heteroatoms. The summed E-state index contributed by atoms with van der Waals surface area (Å²) in [6, 6.07) is 31.4. The first-order valence-electron chi connectivity index (χ1n) is 14.5. The first-order chi connectivity index (χ1) is 21.6. The fourth-order valence-electron chi connectivity index (χ4n) is 5.94. The number of carbonyl (C=O) groups excluding carboxylic acids is 1. The molecule has 1 aliphatic carbocycles. The van der Waals surface area contributed by atoms with Gasteiger partial charge in [-0.1, -0.05) is 60.7 Å². The maximum absolute atomic E-state index is 14.2. The molecule has 2 N–H and O–H groups in total. The van der Waals surface area contributed by atoms with Gasteiger partial charge in [0.2, 0.25) is 0 Å². The summed E-state index contributed by atoms with van der Waals surface area (Å²) in [5.74, 6) is -1.30. The number of nitrogens with zero attached hydrogens (tertiary/aromatic N) is 2. The highest BCUT2D eigenvalue weighted by Crippen LogP contribution is 2.46. The van der Waals surface area contributed by atoms with Gasteiger partial charge in [-0.25, -0.2) is 13.2 Å². The average molecular weight is 616 g/mol. The number of hydrogen-bond acceptors (Lipinski definition) is 5. The van der Waals surface area contributed by atoms with Crippen LogP contribution in [0.1, 0.15) is 44.7 Å². The lowest BCUT2D eigenvalue weighted by atomic mass is 9.98. The number of sulfone groups is 1. The van der Waals surface area contributed by atoms with Gasteiger partial charge < -0.3 is 10.4 Å². The van der Waals surface area contributed by atoms with Crippen LogP contribution in [0.5, 0.6) is 0 Å². The van der Waals surface area contributed by atoms with E-state index in [-0.39, 0.29) is 16.4 Å². The molecule has 0 atom stereocenters. The summed E-state index contributed by atoms with van der Waals surface area (Å²) in [6.45, 7) is 0.444. The smallest absolute Gasteiger partial charge is 0.335 e. The maximum atomic E-state index is 14.2. The van der Waals surface area contributed by atoms with E-state index in [4.69, 9.17) is 0 Å². The molecule has 1 heterocycles. The van der Waals surface area contributed by atoms with E-state index in [2.05, 4.69) is 40.7 Å². The van der Waals surface area contributed by atoms with Crippen molar-refractivity contribution in [2.24, 2.45) is 0 Å². The Balaban J connectivity index is 1.32. The molecule has 224 valence electrons. The second kappa shape index (κ2) is 10.7. The maximum Gasteiger partial charge on any atom is 0.335 e. The largest absolute Gasteiger partial charge is 0.478 e. The lowest BCUT2D eigenvalue weighted by molar-refractivity contribution is 0.0696. The van der Waals surface area contributed by atoms with Crippen molar-refractivity contribution < 1.29 is 23.1 Å². The van der Waals surface area contributed by atoms with Gasteiger partial charge in [0.15, 0.2) is 9.84 Å². The highest BCUT2D eigenvalue weighted by molar-refractivity contribution is 7.90. The number of fused-ring (bicyclic) bond motifs is 2. The molecule has 1 fully saturated rings. The van der Waals surface area contributed by atoms with Crippen molar-refractivity contribution in [3.8, 4) is 11.1 Å². The van der Waals surface area contributed by atoms with Crippen LogP contribution in [0.15, 0.2) is 114 Å². The Morgan fingerprint density at radius 2 is 1.60 bits per heavy atom. The van der Waals surface area contributed by atoms with Gasteiger partial charge in [-0.15, -0.1) is 0 Å². The number of nitrogens with one attached hydrogen (secondary N) is 1. The molecule has 7 rings (SSSR count). The molecule has 1 aliphatic rings. The van der Waals surface area contributed by atoms with Crippen LogP contribution < -0.4 is 5.32 Å². The van der Waals surface area contributed by atoms with E-state index < -0.39 is 21.3 Å². The van der Waals surface area contributed by atoms with Gasteiger partial charge in [-0.2, -0.15) is 5.10 Å². The van der Waals surface area contributed by atoms with Gasteiger partial charge in [0, 0.05) is 11.6 Å². The minimum Gasteiger partial charge on any atom is -0.478 e. The first-order valence-corrected chi connectivity index (χ1v) is 16.4. The van der Waals surface area contributed by atoms with Crippen molar-refractivity contribution in [1.82, 2.24) is 15.1 Å². The summed E-state index contributed by atoms with van der Waals surface area (Å²) >= 11 is 0. The number of aromatic nitrogens is 2. The molecular weight excluding hydrogens is 586 g/mol. The number of carbonyl (C=O) groups is 2. The van der Waals surface area contributed by atoms with Gasteiger partial charge in [0.1, 0.15) is 0 Å². The van der Waals surface area contributed by atoms with Gasteiger partial charge in [0.25, 0.3) is 5.91 Å². The normalized spacial score (nSPS) is 14.0. The van der Waals surface area contributed by atoms with Crippen molar-refractivity contribution in [1.29, 1.82) is 0 Å². The number of hydrogen-bond donors (Lipinski definition) is 2. The summed E-state index contributed by atoms with van der Waals surface area (Å²) in [6.07, 6.45) is 4.35. The van der Waals surface area contributed by atoms with Crippen LogP contribution >= 0.6 is 0 Å². The molecule has 0 unspecified atom stereocenters. The lowest BCUT2D eigenvalue weighted by Crippen LogP contribution is -2.35. The van der Waals surface area contributed by atoms with Crippen LogP contribution in [0.3, 0.4) is 0 Å². The molecule has 6 aromatic rings. The zero-order valence-electron chi connectivity index (χ0n) is 24.4. The monoisotopic (exact) mass is 615 g/mol. The highest BCUT2D eigenvalue weighted by atomic mass is 32.2. The van der Waals surface area contributed by atoms with Crippen LogP contribution in [-0.2, 0) is 21.9 Å². The van der Waals surface area contributed by atoms with Crippen LogP contribution in [-0.4, -0.2) is 41.4 Å². The Kier molecular flexibility index (Phi) is 6.78. The van der Waals surface area contributed by atoms with Crippen LogP contribution in [0.4, 0.5) is 0 Å². The molecule has 5 aromatic carbocycles. The van der Waals surface area contributed by atoms with E-state index in [0.717, 1.165) is 40.1 Å². The third-order valence-electron chi connectivity index (χ3n) is 8.51. The zero-order valence-corrected chi connectivity index (χ0v) is 25.2. The van der Waals surface area contributed by atoms with E-state index >= 15 is 0 Å². The third kappa shape index (κ3) is 5.47. The second-order valence-electron chi connectivity index (χ2n) is 11.7. The lowest BCUT2D eigenvalue weighted by Gasteiger charge is -2.20. The summed E-state index contributed by atoms with van der Waals surface area (Å²) in [4.78, 5) is 25.8. The second-order valence-corrected chi connectivity index (χ2v) is 13.7. The fourth-order valence-corrected chi connectivity index (χ4v) is 6.60. The van der Waals surface area contributed by atoms with Gasteiger partial charge in [-0.05, 0) is 88.3 Å². The number of benzene rings is 5. The molecule has 8 nitrogen and oxygen atoms in total. The Labute approximate surface area is 259 Å². The Bertz CT molecular complexity index is 2250. The van der Waals surface area contributed by atoms with E-state index in [1.165, 1.54) is 6.26 Å². The van der Waals surface area contributed by atoms with E-state index in [1.807, 2.05) is 28.9 Å². The molecule has 0 radical (unpaired) electrons. The summed E-state index contributed by atoms with van der Waals surface area (Å²) in [5.41, 5.74) is 3.91. The van der Waals surface area contributed by atoms with Crippen molar-refractivity contribution in [2.45, 2.75) is 29.8 Å². The van der Waals surface area contributed by atoms with Crippen LogP contribution in [0.25, 0.3) is 32.8 Å². The van der Waals surface area contributed by atoms with Gasteiger partial charge >= 0.3 is 5.97 Å². The summed E-state index contributed by atoms with van der Waals surface area (Å²) < 4.78 is 26.4. The molecule has 0 spiro atoms. The van der Waals surface area contributed by atoms with Crippen molar-refractivity contribution in [2.75, 3.05) is 6.26 Å².